The molecule has 0 bridgehead atoms. The summed E-state index contributed by atoms with van der Waals surface area (Å²) in [7, 11) is 1.88. The van der Waals surface area contributed by atoms with Crippen LogP contribution in [0, 0.1) is 12.3 Å². The van der Waals surface area contributed by atoms with Crippen molar-refractivity contribution in [1.82, 2.24) is 4.98 Å². The van der Waals surface area contributed by atoms with E-state index in [1.165, 1.54) is 0 Å². The Morgan fingerprint density at radius 1 is 1.77 bits per heavy atom. The van der Waals surface area contributed by atoms with Gasteiger partial charge in [0.25, 0.3) is 0 Å². The Hall–Kier alpha value is -1.21. The minimum Gasteiger partial charge on any atom is -0.397 e. The number of anilines is 2. The summed E-state index contributed by atoms with van der Waals surface area (Å²) in [6.45, 7) is 0.523. The number of aromatic nitrogens is 1. The maximum absolute atomic E-state index is 5.55. The van der Waals surface area contributed by atoms with E-state index < -0.39 is 0 Å². The summed E-state index contributed by atoms with van der Waals surface area (Å²) in [5.41, 5.74) is 6.18. The average molecular weight is 240 g/mol. The standard InChI is InChI=1S/C9H10BrN3/c1-3-4-13(2)9-8(10)5-7(11)6-12-9/h1,5-6H,4,11H2,2H3. The van der Waals surface area contributed by atoms with Crippen LogP contribution in [0.25, 0.3) is 0 Å². The summed E-state index contributed by atoms with van der Waals surface area (Å²) in [4.78, 5) is 6.02. The molecule has 1 aromatic rings. The molecule has 1 heterocycles. The van der Waals surface area contributed by atoms with Gasteiger partial charge in [-0.25, -0.2) is 4.98 Å². The third-order valence-electron chi connectivity index (χ3n) is 1.53. The lowest BCUT2D eigenvalue weighted by atomic mass is 10.4. The van der Waals surface area contributed by atoms with Crippen molar-refractivity contribution in [3.05, 3.63) is 16.7 Å². The van der Waals surface area contributed by atoms with Gasteiger partial charge in [0.15, 0.2) is 0 Å². The fraction of sp³-hybridized carbons (Fsp3) is 0.222. The molecule has 0 atom stereocenters. The summed E-state index contributed by atoms with van der Waals surface area (Å²) < 4.78 is 0.852. The fourth-order valence-electron chi connectivity index (χ4n) is 0.938. The number of terminal acetylenes is 1. The molecule has 1 rings (SSSR count). The molecule has 13 heavy (non-hydrogen) atoms. The van der Waals surface area contributed by atoms with Gasteiger partial charge in [-0.1, -0.05) is 5.92 Å². The molecule has 0 unspecified atom stereocenters. The Morgan fingerprint density at radius 3 is 3.00 bits per heavy atom. The highest BCUT2D eigenvalue weighted by molar-refractivity contribution is 9.10. The van der Waals surface area contributed by atoms with Crippen LogP contribution in [0.3, 0.4) is 0 Å². The fourth-order valence-corrected chi connectivity index (χ4v) is 1.61. The predicted molar refractivity (Wildman–Crippen MR) is 58.5 cm³/mol. The second-order valence-corrected chi connectivity index (χ2v) is 3.49. The first-order chi connectivity index (χ1) is 6.15. The van der Waals surface area contributed by atoms with E-state index in [0.29, 0.717) is 12.2 Å². The van der Waals surface area contributed by atoms with Gasteiger partial charge in [-0.3, -0.25) is 0 Å². The molecule has 0 aliphatic rings. The molecule has 0 aliphatic carbocycles. The first kappa shape index (κ1) is 9.87. The van der Waals surface area contributed by atoms with Crippen molar-refractivity contribution in [2.75, 3.05) is 24.2 Å². The Balaban J connectivity index is 2.96. The van der Waals surface area contributed by atoms with E-state index in [9.17, 15) is 0 Å². The van der Waals surface area contributed by atoms with E-state index in [2.05, 4.69) is 26.8 Å². The van der Waals surface area contributed by atoms with Gasteiger partial charge < -0.3 is 10.6 Å². The van der Waals surface area contributed by atoms with E-state index in [4.69, 9.17) is 12.2 Å². The summed E-state index contributed by atoms with van der Waals surface area (Å²) in [6.07, 6.45) is 6.79. The highest BCUT2D eigenvalue weighted by atomic mass is 79.9. The van der Waals surface area contributed by atoms with Crippen molar-refractivity contribution >= 4 is 27.4 Å². The maximum Gasteiger partial charge on any atom is 0.143 e. The molecule has 68 valence electrons. The molecule has 0 saturated carbocycles. The minimum atomic E-state index is 0.523. The van der Waals surface area contributed by atoms with Crippen LogP contribution in [0.15, 0.2) is 16.7 Å². The van der Waals surface area contributed by atoms with Gasteiger partial charge in [-0.05, 0) is 22.0 Å². The first-order valence-corrected chi connectivity index (χ1v) is 4.50. The molecule has 0 fully saturated rings. The summed E-state index contributed by atoms with van der Waals surface area (Å²) in [5.74, 6) is 3.34. The van der Waals surface area contributed by atoms with Crippen LogP contribution in [0.1, 0.15) is 0 Å². The van der Waals surface area contributed by atoms with Crippen molar-refractivity contribution in [2.45, 2.75) is 0 Å². The molecule has 0 aliphatic heterocycles. The highest BCUT2D eigenvalue weighted by Gasteiger charge is 2.05. The highest BCUT2D eigenvalue weighted by Crippen LogP contribution is 2.24. The number of nitrogen functional groups attached to an aromatic ring is 1. The second-order valence-electron chi connectivity index (χ2n) is 2.63. The molecule has 0 amide bonds. The number of rotatable bonds is 2. The van der Waals surface area contributed by atoms with Crippen LogP contribution in [0.4, 0.5) is 11.5 Å². The lowest BCUT2D eigenvalue weighted by Gasteiger charge is -2.16. The quantitative estimate of drug-likeness (QED) is 0.796. The number of nitrogens with zero attached hydrogens (tertiary/aromatic N) is 2. The van der Waals surface area contributed by atoms with Gasteiger partial charge in [0.1, 0.15) is 5.82 Å². The normalized spacial score (nSPS) is 9.31. The lowest BCUT2D eigenvalue weighted by Crippen LogP contribution is -2.18. The maximum atomic E-state index is 5.55. The Morgan fingerprint density at radius 2 is 2.46 bits per heavy atom. The van der Waals surface area contributed by atoms with Gasteiger partial charge in [0.2, 0.25) is 0 Å². The first-order valence-electron chi connectivity index (χ1n) is 3.70. The van der Waals surface area contributed by atoms with E-state index in [1.807, 2.05) is 11.9 Å². The van der Waals surface area contributed by atoms with E-state index in [-0.39, 0.29) is 0 Å². The zero-order valence-electron chi connectivity index (χ0n) is 7.29. The zero-order chi connectivity index (χ0) is 9.84. The molecule has 2 N–H and O–H groups in total. The van der Waals surface area contributed by atoms with Gasteiger partial charge >= 0.3 is 0 Å². The summed E-state index contributed by atoms with van der Waals surface area (Å²) in [5, 5.41) is 0. The molecule has 0 spiro atoms. The molecule has 4 heteroatoms. The van der Waals surface area contributed by atoms with Crippen molar-refractivity contribution in [3.8, 4) is 12.3 Å². The molecular formula is C9H10BrN3. The van der Waals surface area contributed by atoms with Gasteiger partial charge in [-0.2, -0.15) is 0 Å². The molecule has 0 radical (unpaired) electrons. The Labute approximate surface area is 86.1 Å². The molecule has 3 nitrogen and oxygen atoms in total. The van der Waals surface area contributed by atoms with E-state index in [1.54, 1.807) is 12.3 Å². The van der Waals surface area contributed by atoms with Gasteiger partial charge in [0, 0.05) is 7.05 Å². The molecule has 0 saturated heterocycles. The third kappa shape index (κ3) is 2.36. The second kappa shape index (κ2) is 4.15. The van der Waals surface area contributed by atoms with Crippen molar-refractivity contribution < 1.29 is 0 Å². The number of hydrogen-bond acceptors (Lipinski definition) is 3. The SMILES string of the molecule is C#CCN(C)c1ncc(N)cc1Br. The van der Waals surface area contributed by atoms with Crippen molar-refractivity contribution in [3.63, 3.8) is 0 Å². The van der Waals surface area contributed by atoms with E-state index >= 15 is 0 Å². The largest absolute Gasteiger partial charge is 0.397 e. The molecular weight excluding hydrogens is 230 g/mol. The Bertz CT molecular complexity index is 343. The van der Waals surface area contributed by atoms with Crippen molar-refractivity contribution in [1.29, 1.82) is 0 Å². The number of halogens is 1. The number of hydrogen-bond donors (Lipinski definition) is 1. The van der Waals surface area contributed by atoms with Crippen LogP contribution in [0.5, 0.6) is 0 Å². The monoisotopic (exact) mass is 239 g/mol. The zero-order valence-corrected chi connectivity index (χ0v) is 8.87. The molecule has 1 aromatic heterocycles. The smallest absolute Gasteiger partial charge is 0.143 e. The van der Waals surface area contributed by atoms with Crippen LogP contribution >= 0.6 is 15.9 Å². The molecule has 0 aromatic carbocycles. The van der Waals surface area contributed by atoms with Crippen LogP contribution in [0.2, 0.25) is 0 Å². The van der Waals surface area contributed by atoms with Crippen LogP contribution in [-0.2, 0) is 0 Å². The summed E-state index contributed by atoms with van der Waals surface area (Å²) >= 11 is 3.36. The van der Waals surface area contributed by atoms with Gasteiger partial charge in [-0.15, -0.1) is 6.42 Å². The lowest BCUT2D eigenvalue weighted by molar-refractivity contribution is 1.00. The average Bonchev–Trinajstić information content (AvgIpc) is 2.04. The summed E-state index contributed by atoms with van der Waals surface area (Å²) in [6, 6.07) is 1.80. The topological polar surface area (TPSA) is 42.2 Å². The van der Waals surface area contributed by atoms with E-state index in [0.717, 1.165) is 10.3 Å². The van der Waals surface area contributed by atoms with Crippen LogP contribution < -0.4 is 10.6 Å². The Kier molecular flexibility index (Phi) is 3.15. The van der Waals surface area contributed by atoms with Gasteiger partial charge in [0.05, 0.1) is 22.9 Å². The number of pyridine rings is 1. The van der Waals surface area contributed by atoms with Crippen molar-refractivity contribution in [2.24, 2.45) is 0 Å². The predicted octanol–water partition coefficient (Wildman–Crippen LogP) is 1.50. The minimum absolute atomic E-state index is 0.523. The van der Waals surface area contributed by atoms with Crippen LogP contribution in [-0.4, -0.2) is 18.6 Å². The third-order valence-corrected chi connectivity index (χ3v) is 2.12. The number of nitrogens with two attached hydrogens (primary N) is 1.